The second-order valence-corrected chi connectivity index (χ2v) is 5.35. The predicted octanol–water partition coefficient (Wildman–Crippen LogP) is 3.23. The SMILES string of the molecule is C/C=C/C=N\NC(=O)C[C@H](NC(=O)c1ccccc1)c1ccccc1. The molecule has 0 saturated carbocycles. The lowest BCUT2D eigenvalue weighted by atomic mass is 10.0. The summed E-state index contributed by atoms with van der Waals surface area (Å²) in [6.45, 7) is 1.86. The van der Waals surface area contributed by atoms with Gasteiger partial charge in [0.2, 0.25) is 5.91 Å². The van der Waals surface area contributed by atoms with E-state index in [4.69, 9.17) is 0 Å². The van der Waals surface area contributed by atoms with E-state index in [2.05, 4.69) is 15.8 Å². The van der Waals surface area contributed by atoms with Crippen molar-refractivity contribution in [2.24, 2.45) is 5.10 Å². The number of nitrogens with one attached hydrogen (secondary N) is 2. The highest BCUT2D eigenvalue weighted by molar-refractivity contribution is 5.94. The van der Waals surface area contributed by atoms with Crippen LogP contribution in [0.1, 0.15) is 35.3 Å². The molecule has 2 aromatic carbocycles. The standard InChI is InChI=1S/C20H21N3O2/c1-2-3-14-21-23-19(24)15-18(16-10-6-4-7-11-16)22-20(25)17-12-8-5-9-13-17/h2-14,18H,15H2,1H3,(H,22,25)(H,23,24)/b3-2+,21-14-/t18-/m0/s1. The molecule has 2 aromatic rings. The van der Waals surface area contributed by atoms with Crippen molar-refractivity contribution in [3.63, 3.8) is 0 Å². The Hall–Kier alpha value is -3.21. The number of nitrogens with zero attached hydrogens (tertiary/aromatic N) is 1. The Morgan fingerprint density at radius 2 is 1.68 bits per heavy atom. The van der Waals surface area contributed by atoms with Gasteiger partial charge in [0, 0.05) is 11.8 Å². The Labute approximate surface area is 147 Å². The Balaban J connectivity index is 2.08. The lowest BCUT2D eigenvalue weighted by Gasteiger charge is -2.18. The number of hydrazone groups is 1. The topological polar surface area (TPSA) is 70.6 Å². The molecule has 0 fully saturated rings. The fraction of sp³-hybridized carbons (Fsp3) is 0.150. The van der Waals surface area contributed by atoms with Crippen LogP contribution in [0, 0.1) is 0 Å². The summed E-state index contributed by atoms with van der Waals surface area (Å²) in [6.07, 6.45) is 5.11. The predicted molar refractivity (Wildman–Crippen MR) is 99.2 cm³/mol. The molecule has 0 radical (unpaired) electrons. The van der Waals surface area contributed by atoms with Gasteiger partial charge in [-0.05, 0) is 30.7 Å². The number of amides is 2. The summed E-state index contributed by atoms with van der Waals surface area (Å²) >= 11 is 0. The van der Waals surface area contributed by atoms with Gasteiger partial charge in [-0.25, -0.2) is 5.43 Å². The van der Waals surface area contributed by atoms with Gasteiger partial charge in [0.1, 0.15) is 0 Å². The molecule has 2 N–H and O–H groups in total. The molecule has 0 bridgehead atoms. The summed E-state index contributed by atoms with van der Waals surface area (Å²) in [5.41, 5.74) is 3.87. The minimum Gasteiger partial charge on any atom is -0.345 e. The maximum atomic E-state index is 12.4. The maximum absolute atomic E-state index is 12.4. The highest BCUT2D eigenvalue weighted by Crippen LogP contribution is 2.17. The van der Waals surface area contributed by atoms with Gasteiger partial charge >= 0.3 is 0 Å². The van der Waals surface area contributed by atoms with Crippen LogP contribution in [0.3, 0.4) is 0 Å². The first-order chi connectivity index (χ1) is 12.2. The van der Waals surface area contributed by atoms with E-state index in [-0.39, 0.29) is 18.2 Å². The van der Waals surface area contributed by atoms with Crippen molar-refractivity contribution in [2.75, 3.05) is 0 Å². The van der Waals surface area contributed by atoms with E-state index >= 15 is 0 Å². The molecule has 0 aliphatic rings. The number of rotatable bonds is 7. The van der Waals surface area contributed by atoms with Crippen LogP contribution in [-0.4, -0.2) is 18.0 Å². The Morgan fingerprint density at radius 1 is 1.04 bits per heavy atom. The summed E-state index contributed by atoms with van der Waals surface area (Å²) in [5.74, 6) is -0.498. The molecule has 0 heterocycles. The number of benzene rings is 2. The summed E-state index contributed by atoms with van der Waals surface area (Å²) in [5, 5.41) is 6.74. The first kappa shape index (κ1) is 18.1. The molecule has 0 aromatic heterocycles. The first-order valence-corrected chi connectivity index (χ1v) is 8.04. The smallest absolute Gasteiger partial charge is 0.251 e. The molecule has 0 aliphatic carbocycles. The zero-order chi connectivity index (χ0) is 17.9. The molecule has 0 saturated heterocycles. The van der Waals surface area contributed by atoms with Crippen molar-refractivity contribution >= 4 is 18.0 Å². The Kier molecular flexibility index (Phi) is 7.13. The van der Waals surface area contributed by atoms with Crippen molar-refractivity contribution < 1.29 is 9.59 Å². The maximum Gasteiger partial charge on any atom is 0.251 e. The van der Waals surface area contributed by atoms with E-state index in [1.54, 1.807) is 30.3 Å². The monoisotopic (exact) mass is 335 g/mol. The van der Waals surface area contributed by atoms with Gasteiger partial charge in [-0.1, -0.05) is 54.6 Å². The highest BCUT2D eigenvalue weighted by Gasteiger charge is 2.18. The van der Waals surface area contributed by atoms with Crippen LogP contribution in [0.25, 0.3) is 0 Å². The Bertz CT molecular complexity index is 740. The van der Waals surface area contributed by atoms with Gasteiger partial charge in [-0.2, -0.15) is 5.10 Å². The minimum atomic E-state index is -0.439. The third-order valence-corrected chi connectivity index (χ3v) is 3.48. The third kappa shape index (κ3) is 6.06. The van der Waals surface area contributed by atoms with Crippen molar-refractivity contribution in [3.8, 4) is 0 Å². The van der Waals surface area contributed by atoms with E-state index in [1.165, 1.54) is 6.21 Å². The fourth-order valence-corrected chi connectivity index (χ4v) is 2.24. The zero-order valence-corrected chi connectivity index (χ0v) is 14.1. The molecule has 2 amide bonds. The molecular weight excluding hydrogens is 314 g/mol. The number of hydrogen-bond acceptors (Lipinski definition) is 3. The average molecular weight is 335 g/mol. The molecule has 128 valence electrons. The quantitative estimate of drug-likeness (QED) is 0.602. The van der Waals surface area contributed by atoms with Crippen LogP contribution in [0.2, 0.25) is 0 Å². The van der Waals surface area contributed by atoms with Crippen LogP contribution in [0.5, 0.6) is 0 Å². The molecule has 1 atom stereocenters. The van der Waals surface area contributed by atoms with E-state index in [9.17, 15) is 9.59 Å². The normalized spacial score (nSPS) is 12.2. The van der Waals surface area contributed by atoms with Gasteiger partial charge in [-0.15, -0.1) is 0 Å². The molecule has 5 nitrogen and oxygen atoms in total. The van der Waals surface area contributed by atoms with E-state index in [0.29, 0.717) is 5.56 Å². The summed E-state index contributed by atoms with van der Waals surface area (Å²) < 4.78 is 0. The van der Waals surface area contributed by atoms with Gasteiger partial charge in [0.15, 0.2) is 0 Å². The zero-order valence-electron chi connectivity index (χ0n) is 14.1. The molecule has 5 heteroatoms. The molecule has 2 rings (SSSR count). The second-order valence-electron chi connectivity index (χ2n) is 5.35. The molecule has 0 aliphatic heterocycles. The van der Waals surface area contributed by atoms with Crippen LogP contribution in [0.15, 0.2) is 77.9 Å². The van der Waals surface area contributed by atoms with E-state index in [1.807, 2.05) is 49.4 Å². The number of carbonyl (C=O) groups excluding carboxylic acids is 2. The third-order valence-electron chi connectivity index (χ3n) is 3.48. The van der Waals surface area contributed by atoms with Crippen LogP contribution >= 0.6 is 0 Å². The van der Waals surface area contributed by atoms with Crippen molar-refractivity contribution in [2.45, 2.75) is 19.4 Å². The van der Waals surface area contributed by atoms with E-state index < -0.39 is 6.04 Å². The van der Waals surface area contributed by atoms with Crippen molar-refractivity contribution in [1.29, 1.82) is 0 Å². The molecular formula is C20H21N3O2. The molecule has 0 spiro atoms. The second kappa shape index (κ2) is 9.82. The Morgan fingerprint density at radius 3 is 2.32 bits per heavy atom. The number of hydrogen-bond donors (Lipinski definition) is 2. The number of carbonyl (C=O) groups is 2. The summed E-state index contributed by atoms with van der Waals surface area (Å²) in [4.78, 5) is 24.5. The van der Waals surface area contributed by atoms with Crippen LogP contribution in [-0.2, 0) is 4.79 Å². The summed E-state index contributed by atoms with van der Waals surface area (Å²) in [7, 11) is 0. The molecule has 25 heavy (non-hydrogen) atoms. The van der Waals surface area contributed by atoms with E-state index in [0.717, 1.165) is 5.56 Å². The van der Waals surface area contributed by atoms with Crippen LogP contribution in [0.4, 0.5) is 0 Å². The molecule has 0 unspecified atom stereocenters. The lowest BCUT2D eigenvalue weighted by Crippen LogP contribution is -2.32. The fourth-order valence-electron chi connectivity index (χ4n) is 2.24. The lowest BCUT2D eigenvalue weighted by molar-refractivity contribution is -0.121. The van der Waals surface area contributed by atoms with Gasteiger partial charge in [-0.3, -0.25) is 9.59 Å². The summed E-state index contributed by atoms with van der Waals surface area (Å²) in [6, 6.07) is 17.9. The average Bonchev–Trinajstić information content (AvgIpc) is 2.66. The highest BCUT2D eigenvalue weighted by atomic mass is 16.2. The van der Waals surface area contributed by atoms with Gasteiger partial charge in [0.25, 0.3) is 5.91 Å². The van der Waals surface area contributed by atoms with Gasteiger partial charge in [0.05, 0.1) is 12.5 Å². The van der Waals surface area contributed by atoms with Gasteiger partial charge < -0.3 is 5.32 Å². The van der Waals surface area contributed by atoms with Crippen molar-refractivity contribution in [1.82, 2.24) is 10.7 Å². The van der Waals surface area contributed by atoms with Crippen LogP contribution < -0.4 is 10.7 Å². The van der Waals surface area contributed by atoms with Crippen molar-refractivity contribution in [3.05, 3.63) is 83.9 Å². The minimum absolute atomic E-state index is 0.0930. The number of allylic oxidation sites excluding steroid dienone is 2. The first-order valence-electron chi connectivity index (χ1n) is 8.04. The largest absolute Gasteiger partial charge is 0.345 e.